The van der Waals surface area contributed by atoms with Crippen LogP contribution in [-0.2, 0) is 4.79 Å². The Labute approximate surface area is 152 Å². The number of nitrogens with one attached hydrogen (secondary N) is 1. The lowest BCUT2D eigenvalue weighted by atomic mass is 10.3. The maximum atomic E-state index is 12.9. The van der Waals surface area contributed by atoms with Crippen LogP contribution in [0.1, 0.15) is 6.92 Å². The lowest BCUT2D eigenvalue weighted by molar-refractivity contribution is -0.122. The smallest absolute Gasteiger partial charge is 0.265 e. The first kappa shape index (κ1) is 17.2. The summed E-state index contributed by atoms with van der Waals surface area (Å²) in [5.74, 6) is -0.406. The molecule has 0 spiro atoms. The highest BCUT2D eigenvalue weighted by molar-refractivity contribution is 9.10. The lowest BCUT2D eigenvalue weighted by Crippen LogP contribution is -2.30. The van der Waals surface area contributed by atoms with Crippen molar-refractivity contribution >= 4 is 27.5 Å². The topological polar surface area (TPSA) is 56.2 Å². The molecule has 1 N–H and O–H groups in total. The summed E-state index contributed by atoms with van der Waals surface area (Å²) in [6.45, 7) is 1.62. The van der Waals surface area contributed by atoms with E-state index in [1.807, 2.05) is 30.3 Å². The zero-order valence-corrected chi connectivity index (χ0v) is 14.9. The lowest BCUT2D eigenvalue weighted by Gasteiger charge is -2.13. The number of benzene rings is 2. The van der Waals surface area contributed by atoms with Crippen molar-refractivity contribution in [3.63, 3.8) is 0 Å². The summed E-state index contributed by atoms with van der Waals surface area (Å²) in [4.78, 5) is 12.2. The molecule has 1 amide bonds. The minimum absolute atomic E-state index is 0.311. The number of rotatable bonds is 5. The molecule has 2 aromatic carbocycles. The summed E-state index contributed by atoms with van der Waals surface area (Å²) in [6.07, 6.45) is 0.982. The first-order chi connectivity index (χ1) is 12.0. The first-order valence-electron chi connectivity index (χ1n) is 7.56. The van der Waals surface area contributed by atoms with Gasteiger partial charge in [0.15, 0.2) is 6.10 Å². The summed E-state index contributed by atoms with van der Waals surface area (Å²) in [6, 6.07) is 15.1. The maximum absolute atomic E-state index is 12.9. The highest BCUT2D eigenvalue weighted by atomic mass is 79.9. The van der Waals surface area contributed by atoms with E-state index in [4.69, 9.17) is 4.74 Å². The maximum Gasteiger partial charge on any atom is 0.265 e. The number of hydrogen-bond acceptors (Lipinski definition) is 3. The van der Waals surface area contributed by atoms with Gasteiger partial charge in [-0.15, -0.1) is 5.10 Å². The van der Waals surface area contributed by atoms with Gasteiger partial charge in [0, 0.05) is 11.9 Å². The van der Waals surface area contributed by atoms with Gasteiger partial charge in [-0.25, -0.2) is 9.07 Å². The Balaban J connectivity index is 1.68. The van der Waals surface area contributed by atoms with Crippen LogP contribution in [0.4, 0.5) is 10.1 Å². The molecule has 0 aliphatic carbocycles. The van der Waals surface area contributed by atoms with Gasteiger partial charge in [0.1, 0.15) is 5.82 Å². The second-order valence-corrected chi connectivity index (χ2v) is 6.17. The van der Waals surface area contributed by atoms with Gasteiger partial charge in [-0.2, -0.15) is 0 Å². The Bertz CT molecular complexity index is 866. The summed E-state index contributed by atoms with van der Waals surface area (Å²) in [5, 5.41) is 7.01. The van der Waals surface area contributed by atoms with Crippen LogP contribution in [-0.4, -0.2) is 21.8 Å². The van der Waals surface area contributed by atoms with Crippen molar-refractivity contribution in [2.24, 2.45) is 0 Å². The Hall–Kier alpha value is -2.67. The minimum Gasteiger partial charge on any atom is -0.463 e. The molecule has 0 saturated heterocycles. The number of carbonyl (C=O) groups is 1. The van der Waals surface area contributed by atoms with E-state index in [0.717, 1.165) is 5.69 Å². The van der Waals surface area contributed by atoms with Crippen molar-refractivity contribution in [3.8, 4) is 11.6 Å². The summed E-state index contributed by atoms with van der Waals surface area (Å²) in [5.41, 5.74) is 1.37. The van der Waals surface area contributed by atoms with Crippen LogP contribution < -0.4 is 10.1 Å². The third-order valence-electron chi connectivity index (χ3n) is 3.43. The molecule has 0 saturated carbocycles. The van der Waals surface area contributed by atoms with Gasteiger partial charge in [-0.3, -0.25) is 4.79 Å². The van der Waals surface area contributed by atoms with E-state index in [2.05, 4.69) is 26.3 Å². The van der Waals surface area contributed by atoms with E-state index in [0.29, 0.717) is 16.0 Å². The second-order valence-electron chi connectivity index (χ2n) is 5.32. The Kier molecular flexibility index (Phi) is 5.14. The minimum atomic E-state index is -0.777. The third-order valence-corrected chi connectivity index (χ3v) is 3.97. The summed E-state index contributed by atoms with van der Waals surface area (Å²) < 4.78 is 20.8. The Morgan fingerprint density at radius 3 is 2.56 bits per heavy atom. The molecule has 128 valence electrons. The first-order valence-corrected chi connectivity index (χ1v) is 8.36. The van der Waals surface area contributed by atoms with E-state index in [-0.39, 0.29) is 11.7 Å². The van der Waals surface area contributed by atoms with Gasteiger partial charge >= 0.3 is 0 Å². The van der Waals surface area contributed by atoms with Gasteiger partial charge in [-0.1, -0.05) is 18.2 Å². The molecular weight excluding hydrogens is 389 g/mol. The molecule has 1 heterocycles. The monoisotopic (exact) mass is 403 g/mol. The Morgan fingerprint density at radius 1 is 1.20 bits per heavy atom. The van der Waals surface area contributed by atoms with Crippen molar-refractivity contribution in [2.45, 2.75) is 13.0 Å². The standard InChI is InChI=1S/C18H15BrFN3O2/c1-12(17(24)21-14-9-7-13(20)8-10-14)25-18-16(19)11-23(22-18)15-5-3-2-4-6-15/h2-12H,1H3,(H,21,24)/t12-/m0/s1. The van der Waals surface area contributed by atoms with Crippen LogP contribution in [0.2, 0.25) is 0 Å². The number of amides is 1. The third kappa shape index (κ3) is 4.24. The predicted octanol–water partition coefficient (Wildman–Crippen LogP) is 4.18. The number of para-hydroxylation sites is 1. The molecule has 0 aliphatic rings. The van der Waals surface area contributed by atoms with Crippen LogP contribution in [0.3, 0.4) is 0 Å². The van der Waals surface area contributed by atoms with Crippen LogP contribution in [0.5, 0.6) is 5.88 Å². The molecule has 0 aliphatic heterocycles. The SMILES string of the molecule is C[C@H](Oc1nn(-c2ccccc2)cc1Br)C(=O)Nc1ccc(F)cc1. The van der Waals surface area contributed by atoms with Crippen molar-refractivity contribution in [1.29, 1.82) is 0 Å². The number of anilines is 1. The predicted molar refractivity (Wildman–Crippen MR) is 96.4 cm³/mol. The average molecular weight is 404 g/mol. The molecule has 0 fully saturated rings. The van der Waals surface area contributed by atoms with Gasteiger partial charge in [0.25, 0.3) is 5.91 Å². The quantitative estimate of drug-likeness (QED) is 0.694. The molecule has 1 atom stereocenters. The highest BCUT2D eigenvalue weighted by Crippen LogP contribution is 2.25. The van der Waals surface area contributed by atoms with Crippen molar-refractivity contribution < 1.29 is 13.9 Å². The number of aromatic nitrogens is 2. The number of ether oxygens (including phenoxy) is 1. The Morgan fingerprint density at radius 2 is 1.88 bits per heavy atom. The van der Waals surface area contributed by atoms with Crippen molar-refractivity contribution in [1.82, 2.24) is 9.78 Å². The molecule has 1 aromatic heterocycles. The van der Waals surface area contributed by atoms with E-state index in [1.54, 1.807) is 17.8 Å². The van der Waals surface area contributed by atoms with Crippen LogP contribution >= 0.6 is 15.9 Å². The van der Waals surface area contributed by atoms with Gasteiger partial charge in [0.05, 0.1) is 10.2 Å². The van der Waals surface area contributed by atoms with E-state index in [1.165, 1.54) is 24.3 Å². The zero-order chi connectivity index (χ0) is 17.8. The van der Waals surface area contributed by atoms with Crippen molar-refractivity contribution in [2.75, 3.05) is 5.32 Å². The second kappa shape index (κ2) is 7.48. The average Bonchev–Trinajstić information content (AvgIpc) is 2.98. The highest BCUT2D eigenvalue weighted by Gasteiger charge is 2.19. The molecule has 25 heavy (non-hydrogen) atoms. The summed E-state index contributed by atoms with van der Waals surface area (Å²) in [7, 11) is 0. The molecule has 3 rings (SSSR count). The van der Waals surface area contributed by atoms with Crippen molar-refractivity contribution in [3.05, 3.63) is 71.1 Å². The van der Waals surface area contributed by atoms with Crippen LogP contribution in [0.25, 0.3) is 5.69 Å². The number of carbonyl (C=O) groups excluding carboxylic acids is 1. The van der Waals surface area contributed by atoms with Gasteiger partial charge in [-0.05, 0) is 59.3 Å². The molecule has 0 radical (unpaired) electrons. The fourth-order valence-electron chi connectivity index (χ4n) is 2.13. The van der Waals surface area contributed by atoms with E-state index >= 15 is 0 Å². The fourth-order valence-corrected chi connectivity index (χ4v) is 2.49. The molecule has 7 heteroatoms. The fraction of sp³-hybridized carbons (Fsp3) is 0.111. The van der Waals surface area contributed by atoms with Crippen LogP contribution in [0.15, 0.2) is 65.3 Å². The van der Waals surface area contributed by atoms with Crippen LogP contribution in [0, 0.1) is 5.82 Å². The molecule has 0 bridgehead atoms. The number of nitrogens with zero attached hydrogens (tertiary/aromatic N) is 2. The van der Waals surface area contributed by atoms with Gasteiger partial charge < -0.3 is 10.1 Å². The number of halogens is 2. The molecule has 5 nitrogen and oxygen atoms in total. The molecule has 3 aromatic rings. The summed E-state index contributed by atoms with van der Waals surface area (Å²) >= 11 is 3.39. The number of hydrogen-bond donors (Lipinski definition) is 1. The van der Waals surface area contributed by atoms with E-state index in [9.17, 15) is 9.18 Å². The van der Waals surface area contributed by atoms with Gasteiger partial charge in [0.2, 0.25) is 5.88 Å². The molecule has 0 unspecified atom stereocenters. The largest absolute Gasteiger partial charge is 0.463 e. The molecular formula is C18H15BrFN3O2. The van der Waals surface area contributed by atoms with E-state index < -0.39 is 6.10 Å². The normalized spacial score (nSPS) is 11.8. The zero-order valence-electron chi connectivity index (χ0n) is 13.3.